The molecule has 0 spiro atoms. The van der Waals surface area contributed by atoms with Gasteiger partial charge < -0.3 is 0 Å². The maximum absolute atomic E-state index is 13.4. The van der Waals surface area contributed by atoms with Gasteiger partial charge in [-0.15, -0.1) is 10.2 Å². The van der Waals surface area contributed by atoms with Gasteiger partial charge in [0.25, 0.3) is 0 Å². The van der Waals surface area contributed by atoms with Crippen molar-refractivity contribution in [2.75, 3.05) is 19.8 Å². The number of ketones is 1. The molecular weight excluding hydrogens is 467 g/mol. The van der Waals surface area contributed by atoms with Crippen molar-refractivity contribution in [3.05, 3.63) is 70.2 Å². The second-order valence-corrected chi connectivity index (χ2v) is 9.15. The third-order valence-corrected chi connectivity index (χ3v) is 6.38. The van der Waals surface area contributed by atoms with Gasteiger partial charge in [-0.25, -0.2) is 4.39 Å². The Bertz CT molecular complexity index is 989. The van der Waals surface area contributed by atoms with Crippen LogP contribution in [0.3, 0.4) is 0 Å². The van der Waals surface area contributed by atoms with E-state index in [0.717, 1.165) is 38.9 Å². The SMILES string of the molecule is C[C@H](c1nnc(SCCCC(=O)c2ccc(Br)cc2)n1-c1ccc(F)cc1)N(C)C. The van der Waals surface area contributed by atoms with Gasteiger partial charge in [0.1, 0.15) is 5.82 Å². The molecule has 1 aromatic heterocycles. The topological polar surface area (TPSA) is 51.0 Å². The molecule has 0 saturated heterocycles. The molecule has 158 valence electrons. The van der Waals surface area contributed by atoms with Gasteiger partial charge in [-0.1, -0.05) is 39.8 Å². The number of benzene rings is 2. The van der Waals surface area contributed by atoms with Crippen LogP contribution in [0.15, 0.2) is 58.2 Å². The molecule has 0 unspecified atom stereocenters. The monoisotopic (exact) mass is 490 g/mol. The van der Waals surface area contributed by atoms with E-state index >= 15 is 0 Å². The first kappa shape index (κ1) is 22.7. The number of carbonyl (C=O) groups is 1. The third-order valence-electron chi connectivity index (χ3n) is 4.84. The van der Waals surface area contributed by atoms with Gasteiger partial charge in [-0.3, -0.25) is 14.3 Å². The summed E-state index contributed by atoms with van der Waals surface area (Å²) in [4.78, 5) is 14.4. The Morgan fingerprint density at radius 2 is 1.80 bits per heavy atom. The second kappa shape index (κ2) is 10.3. The van der Waals surface area contributed by atoms with Crippen LogP contribution in [0.4, 0.5) is 4.39 Å². The van der Waals surface area contributed by atoms with E-state index in [1.165, 1.54) is 12.1 Å². The van der Waals surface area contributed by atoms with E-state index in [0.29, 0.717) is 6.42 Å². The van der Waals surface area contributed by atoms with Crippen molar-refractivity contribution in [2.24, 2.45) is 0 Å². The quantitative estimate of drug-likeness (QED) is 0.223. The van der Waals surface area contributed by atoms with E-state index in [1.807, 2.05) is 42.9 Å². The minimum absolute atomic E-state index is 0.0379. The van der Waals surface area contributed by atoms with Gasteiger partial charge in [0.05, 0.1) is 6.04 Å². The molecule has 0 fully saturated rings. The van der Waals surface area contributed by atoms with Gasteiger partial charge in [0, 0.05) is 27.9 Å². The number of rotatable bonds is 9. The molecule has 0 bridgehead atoms. The predicted molar refractivity (Wildman–Crippen MR) is 122 cm³/mol. The van der Waals surface area contributed by atoms with E-state index in [2.05, 4.69) is 38.0 Å². The molecule has 3 rings (SSSR count). The molecular formula is C22H24BrFN4OS. The molecule has 0 radical (unpaired) electrons. The lowest BCUT2D eigenvalue weighted by molar-refractivity contribution is 0.0982. The summed E-state index contributed by atoms with van der Waals surface area (Å²) in [5.41, 5.74) is 1.54. The van der Waals surface area contributed by atoms with Crippen molar-refractivity contribution in [1.82, 2.24) is 19.7 Å². The molecule has 3 aromatic rings. The van der Waals surface area contributed by atoms with Crippen LogP contribution in [0.25, 0.3) is 5.69 Å². The highest BCUT2D eigenvalue weighted by molar-refractivity contribution is 9.10. The molecule has 0 amide bonds. The van der Waals surface area contributed by atoms with Gasteiger partial charge in [0.2, 0.25) is 0 Å². The number of nitrogens with zero attached hydrogens (tertiary/aromatic N) is 4. The Labute approximate surface area is 188 Å². The van der Waals surface area contributed by atoms with Gasteiger partial charge in [-0.05, 0) is 63.8 Å². The maximum atomic E-state index is 13.4. The summed E-state index contributed by atoms with van der Waals surface area (Å²) in [5, 5.41) is 9.50. The van der Waals surface area contributed by atoms with Crippen LogP contribution in [-0.2, 0) is 0 Å². The zero-order valence-corrected chi connectivity index (χ0v) is 19.6. The van der Waals surface area contributed by atoms with E-state index in [-0.39, 0.29) is 17.6 Å². The summed E-state index contributed by atoms with van der Waals surface area (Å²) in [7, 11) is 3.96. The average molecular weight is 491 g/mol. The van der Waals surface area contributed by atoms with E-state index in [9.17, 15) is 9.18 Å². The fourth-order valence-electron chi connectivity index (χ4n) is 2.89. The van der Waals surface area contributed by atoms with Gasteiger partial charge >= 0.3 is 0 Å². The Hall–Kier alpha value is -2.03. The van der Waals surface area contributed by atoms with Crippen LogP contribution in [0, 0.1) is 5.82 Å². The summed E-state index contributed by atoms with van der Waals surface area (Å²) in [5.74, 6) is 1.37. The van der Waals surface area contributed by atoms with E-state index in [1.54, 1.807) is 23.9 Å². The fraction of sp³-hybridized carbons (Fsp3) is 0.318. The lowest BCUT2D eigenvalue weighted by atomic mass is 10.1. The number of hydrogen-bond acceptors (Lipinski definition) is 5. The van der Waals surface area contributed by atoms with Crippen LogP contribution >= 0.6 is 27.7 Å². The maximum Gasteiger partial charge on any atom is 0.195 e. The molecule has 0 aliphatic rings. The highest BCUT2D eigenvalue weighted by atomic mass is 79.9. The zero-order valence-electron chi connectivity index (χ0n) is 17.2. The van der Waals surface area contributed by atoms with Crippen LogP contribution in [0.2, 0.25) is 0 Å². The highest BCUT2D eigenvalue weighted by Crippen LogP contribution is 2.27. The molecule has 0 N–H and O–H groups in total. The first-order valence-corrected chi connectivity index (χ1v) is 11.4. The van der Waals surface area contributed by atoms with Crippen molar-refractivity contribution in [2.45, 2.75) is 31.0 Å². The molecule has 1 heterocycles. The summed E-state index contributed by atoms with van der Waals surface area (Å²) in [6, 6.07) is 13.8. The molecule has 5 nitrogen and oxygen atoms in total. The van der Waals surface area contributed by atoms with Crippen molar-refractivity contribution in [1.29, 1.82) is 0 Å². The summed E-state index contributed by atoms with van der Waals surface area (Å²) < 4.78 is 16.3. The number of thioether (sulfide) groups is 1. The van der Waals surface area contributed by atoms with Crippen molar-refractivity contribution in [3.63, 3.8) is 0 Å². The van der Waals surface area contributed by atoms with E-state index < -0.39 is 0 Å². The zero-order chi connectivity index (χ0) is 21.7. The Morgan fingerprint density at radius 3 is 2.43 bits per heavy atom. The van der Waals surface area contributed by atoms with Crippen molar-refractivity contribution in [3.8, 4) is 5.69 Å². The van der Waals surface area contributed by atoms with Crippen molar-refractivity contribution < 1.29 is 9.18 Å². The summed E-state index contributed by atoms with van der Waals surface area (Å²) >= 11 is 4.93. The molecule has 0 aliphatic carbocycles. The molecule has 30 heavy (non-hydrogen) atoms. The minimum Gasteiger partial charge on any atom is -0.300 e. The predicted octanol–water partition coefficient (Wildman–Crippen LogP) is 5.55. The first-order valence-electron chi connectivity index (χ1n) is 9.66. The summed E-state index contributed by atoms with van der Waals surface area (Å²) in [6.07, 6.45) is 1.20. The van der Waals surface area contributed by atoms with Crippen LogP contribution in [-0.4, -0.2) is 45.3 Å². The molecule has 2 aromatic carbocycles. The normalized spacial score (nSPS) is 12.3. The Balaban J connectivity index is 1.70. The number of halogens is 2. The lowest BCUT2D eigenvalue weighted by Crippen LogP contribution is -2.20. The first-order chi connectivity index (χ1) is 14.4. The fourth-order valence-corrected chi connectivity index (χ4v) is 4.05. The largest absolute Gasteiger partial charge is 0.300 e. The smallest absolute Gasteiger partial charge is 0.195 e. The van der Waals surface area contributed by atoms with Crippen molar-refractivity contribution >= 4 is 33.5 Å². The second-order valence-electron chi connectivity index (χ2n) is 7.17. The standard InChI is InChI=1S/C22H24BrFN4OS/c1-15(27(2)3)21-25-26-22(28(21)19-12-10-18(24)11-13-19)30-14-4-5-20(29)16-6-8-17(23)9-7-16/h6-13,15H,4-5,14H2,1-3H3/t15-/m1/s1. The minimum atomic E-state index is -0.283. The number of carbonyl (C=O) groups excluding carboxylic acids is 1. The lowest BCUT2D eigenvalue weighted by Gasteiger charge is -2.20. The number of aromatic nitrogens is 3. The molecule has 0 aliphatic heterocycles. The molecule has 0 saturated carbocycles. The number of hydrogen-bond donors (Lipinski definition) is 0. The molecule has 8 heteroatoms. The van der Waals surface area contributed by atoms with Crippen LogP contribution < -0.4 is 0 Å². The van der Waals surface area contributed by atoms with Gasteiger partial charge in [0.15, 0.2) is 16.8 Å². The van der Waals surface area contributed by atoms with Crippen LogP contribution in [0.1, 0.15) is 42.0 Å². The molecule has 1 atom stereocenters. The Morgan fingerprint density at radius 1 is 1.13 bits per heavy atom. The average Bonchev–Trinajstić information content (AvgIpc) is 3.15. The summed E-state index contributed by atoms with van der Waals surface area (Å²) in [6.45, 7) is 2.05. The van der Waals surface area contributed by atoms with Crippen LogP contribution in [0.5, 0.6) is 0 Å². The van der Waals surface area contributed by atoms with Gasteiger partial charge in [-0.2, -0.15) is 0 Å². The van der Waals surface area contributed by atoms with E-state index in [4.69, 9.17) is 0 Å². The number of Topliss-reactive ketones (excluding diaryl/α,β-unsaturated/α-hetero) is 1. The third kappa shape index (κ3) is 5.56. The highest BCUT2D eigenvalue weighted by Gasteiger charge is 2.21. The Kier molecular flexibility index (Phi) is 7.80.